The molecule has 5 heteroatoms. The highest BCUT2D eigenvalue weighted by molar-refractivity contribution is 5.81. The van der Waals surface area contributed by atoms with Crippen LogP contribution < -0.4 is 0 Å². The number of nitrogens with zero attached hydrogens (tertiary/aromatic N) is 1. The summed E-state index contributed by atoms with van der Waals surface area (Å²) in [6, 6.07) is 0.166. The highest BCUT2D eigenvalue weighted by atomic mass is 16.6. The minimum Gasteiger partial charge on any atom is -0.441 e. The van der Waals surface area contributed by atoms with E-state index in [0.717, 1.165) is 38.5 Å². The van der Waals surface area contributed by atoms with Gasteiger partial charge in [0.1, 0.15) is 5.78 Å². The van der Waals surface area contributed by atoms with Gasteiger partial charge in [0.25, 0.3) is 0 Å². The Morgan fingerprint density at radius 1 is 1.00 bits per heavy atom. The SMILES string of the molecule is CCCCCCC(=O)N1C(OC(=O)CCC(C)=O)CC[C@H]1CC. The number of carbonyl (C=O) groups is 3. The molecule has 0 aliphatic carbocycles. The average Bonchev–Trinajstić information content (AvgIpc) is 2.92. The van der Waals surface area contributed by atoms with E-state index in [1.807, 2.05) is 0 Å². The van der Waals surface area contributed by atoms with Gasteiger partial charge in [-0.3, -0.25) is 9.59 Å². The summed E-state index contributed by atoms with van der Waals surface area (Å²) in [5, 5.41) is 0. The number of unbranched alkanes of at least 4 members (excludes halogenated alkanes) is 3. The summed E-state index contributed by atoms with van der Waals surface area (Å²) in [6.07, 6.45) is 7.08. The van der Waals surface area contributed by atoms with Gasteiger partial charge in [0.05, 0.1) is 6.42 Å². The van der Waals surface area contributed by atoms with Crippen LogP contribution in [0.4, 0.5) is 0 Å². The van der Waals surface area contributed by atoms with Crippen molar-refractivity contribution in [2.75, 3.05) is 0 Å². The van der Waals surface area contributed by atoms with Crippen LogP contribution in [0.1, 0.15) is 85.0 Å². The van der Waals surface area contributed by atoms with Crippen molar-refractivity contribution in [3.63, 3.8) is 0 Å². The Kier molecular flexibility index (Phi) is 8.89. The fourth-order valence-electron chi connectivity index (χ4n) is 3.05. The van der Waals surface area contributed by atoms with Crippen molar-refractivity contribution >= 4 is 17.7 Å². The van der Waals surface area contributed by atoms with Gasteiger partial charge in [-0.2, -0.15) is 0 Å². The predicted molar refractivity (Wildman–Crippen MR) is 88.7 cm³/mol. The van der Waals surface area contributed by atoms with Gasteiger partial charge in [0.15, 0.2) is 6.23 Å². The molecule has 0 aromatic carbocycles. The quantitative estimate of drug-likeness (QED) is 0.455. The maximum atomic E-state index is 12.5. The number of hydrogen-bond acceptors (Lipinski definition) is 4. The molecule has 1 amide bonds. The molecule has 1 aliphatic heterocycles. The Labute approximate surface area is 139 Å². The van der Waals surface area contributed by atoms with Crippen molar-refractivity contribution in [2.45, 2.75) is 97.2 Å². The molecule has 0 radical (unpaired) electrons. The van der Waals surface area contributed by atoms with E-state index in [9.17, 15) is 14.4 Å². The molecule has 132 valence electrons. The lowest BCUT2D eigenvalue weighted by molar-refractivity contribution is -0.164. The van der Waals surface area contributed by atoms with Gasteiger partial charge in [-0.1, -0.05) is 33.1 Å². The number of amides is 1. The topological polar surface area (TPSA) is 63.7 Å². The number of carbonyl (C=O) groups excluding carboxylic acids is 3. The minimum atomic E-state index is -0.446. The molecular formula is C18H31NO4. The summed E-state index contributed by atoms with van der Waals surface area (Å²) in [7, 11) is 0. The van der Waals surface area contributed by atoms with Crippen LogP contribution in [0.15, 0.2) is 0 Å². The van der Waals surface area contributed by atoms with E-state index < -0.39 is 6.23 Å². The van der Waals surface area contributed by atoms with E-state index >= 15 is 0 Å². The highest BCUT2D eigenvalue weighted by Gasteiger charge is 2.37. The van der Waals surface area contributed by atoms with Crippen LogP contribution in [-0.4, -0.2) is 34.8 Å². The van der Waals surface area contributed by atoms with Crippen LogP contribution in [0.3, 0.4) is 0 Å². The Hall–Kier alpha value is -1.39. The van der Waals surface area contributed by atoms with E-state index in [-0.39, 0.29) is 36.5 Å². The standard InChI is InChI=1S/C18H31NO4/c1-4-6-7-8-9-16(21)19-15(5-2)11-12-17(19)23-18(22)13-10-14(3)20/h15,17H,4-13H2,1-3H3/t15-,17?/m1/s1. The van der Waals surface area contributed by atoms with Crippen molar-refractivity contribution in [2.24, 2.45) is 0 Å². The maximum absolute atomic E-state index is 12.5. The lowest BCUT2D eigenvalue weighted by Crippen LogP contribution is -2.43. The number of ketones is 1. The number of hydrogen-bond donors (Lipinski definition) is 0. The van der Waals surface area contributed by atoms with E-state index in [4.69, 9.17) is 4.74 Å². The predicted octanol–water partition coefficient (Wildman–Crippen LogP) is 3.60. The first-order chi connectivity index (χ1) is 11.0. The lowest BCUT2D eigenvalue weighted by Gasteiger charge is -2.29. The van der Waals surface area contributed by atoms with E-state index in [1.165, 1.54) is 6.92 Å². The van der Waals surface area contributed by atoms with Gasteiger partial charge < -0.3 is 14.4 Å². The maximum Gasteiger partial charge on any atom is 0.308 e. The normalized spacial score (nSPS) is 20.6. The third kappa shape index (κ3) is 6.71. The van der Waals surface area contributed by atoms with Crippen LogP contribution in [0.25, 0.3) is 0 Å². The second kappa shape index (κ2) is 10.4. The molecule has 5 nitrogen and oxygen atoms in total. The van der Waals surface area contributed by atoms with Crippen LogP contribution in [-0.2, 0) is 19.1 Å². The zero-order valence-corrected chi connectivity index (χ0v) is 14.8. The molecule has 1 unspecified atom stereocenters. The van der Waals surface area contributed by atoms with Crippen LogP contribution in [0.2, 0.25) is 0 Å². The number of esters is 1. The zero-order valence-electron chi connectivity index (χ0n) is 14.8. The van der Waals surface area contributed by atoms with Crippen molar-refractivity contribution in [1.82, 2.24) is 4.90 Å². The summed E-state index contributed by atoms with van der Waals surface area (Å²) < 4.78 is 5.47. The molecule has 23 heavy (non-hydrogen) atoms. The molecule has 0 aromatic heterocycles. The molecule has 1 fully saturated rings. The molecule has 1 rings (SSSR count). The molecule has 2 atom stereocenters. The average molecular weight is 325 g/mol. The number of ether oxygens (including phenoxy) is 1. The van der Waals surface area contributed by atoms with Gasteiger partial charge >= 0.3 is 5.97 Å². The van der Waals surface area contributed by atoms with Gasteiger partial charge in [-0.25, -0.2) is 0 Å². The molecule has 0 bridgehead atoms. The first-order valence-electron chi connectivity index (χ1n) is 8.99. The second-order valence-electron chi connectivity index (χ2n) is 6.40. The third-order valence-corrected chi connectivity index (χ3v) is 4.40. The Bertz CT molecular complexity index is 408. The first kappa shape index (κ1) is 19.7. The minimum absolute atomic E-state index is 0.0244. The van der Waals surface area contributed by atoms with Crippen LogP contribution in [0, 0.1) is 0 Å². The number of rotatable bonds is 10. The largest absolute Gasteiger partial charge is 0.441 e. The monoisotopic (exact) mass is 325 g/mol. The molecule has 0 spiro atoms. The van der Waals surface area contributed by atoms with Crippen molar-refractivity contribution < 1.29 is 19.1 Å². The first-order valence-corrected chi connectivity index (χ1v) is 8.99. The fraction of sp³-hybridized carbons (Fsp3) is 0.833. The second-order valence-corrected chi connectivity index (χ2v) is 6.40. The Morgan fingerprint density at radius 2 is 1.74 bits per heavy atom. The van der Waals surface area contributed by atoms with Crippen molar-refractivity contribution in [3.8, 4) is 0 Å². The number of likely N-dealkylation sites (tertiary alicyclic amines) is 1. The summed E-state index contributed by atoms with van der Waals surface area (Å²) >= 11 is 0. The molecule has 0 N–H and O–H groups in total. The van der Waals surface area contributed by atoms with E-state index in [0.29, 0.717) is 12.8 Å². The summed E-state index contributed by atoms with van der Waals surface area (Å²) in [5.41, 5.74) is 0. The van der Waals surface area contributed by atoms with Crippen molar-refractivity contribution in [1.29, 1.82) is 0 Å². The number of Topliss-reactive ketones (excluding diaryl/α,β-unsaturated/α-hetero) is 1. The summed E-state index contributed by atoms with van der Waals surface area (Å²) in [4.78, 5) is 37.1. The van der Waals surface area contributed by atoms with Gasteiger partial charge in [-0.05, 0) is 26.2 Å². The summed E-state index contributed by atoms with van der Waals surface area (Å²) in [6.45, 7) is 5.66. The van der Waals surface area contributed by atoms with Gasteiger partial charge in [-0.15, -0.1) is 0 Å². The zero-order chi connectivity index (χ0) is 17.2. The molecule has 0 aromatic rings. The van der Waals surface area contributed by atoms with E-state index in [1.54, 1.807) is 4.90 Å². The van der Waals surface area contributed by atoms with Crippen LogP contribution in [0.5, 0.6) is 0 Å². The Balaban J connectivity index is 2.54. The highest BCUT2D eigenvalue weighted by Crippen LogP contribution is 2.28. The smallest absolute Gasteiger partial charge is 0.308 e. The molecule has 1 aliphatic rings. The molecular weight excluding hydrogens is 294 g/mol. The van der Waals surface area contributed by atoms with Gasteiger partial charge in [0.2, 0.25) is 5.91 Å². The van der Waals surface area contributed by atoms with Gasteiger partial charge in [0, 0.05) is 25.3 Å². The van der Waals surface area contributed by atoms with Crippen molar-refractivity contribution in [3.05, 3.63) is 0 Å². The molecule has 1 heterocycles. The summed E-state index contributed by atoms with van der Waals surface area (Å²) in [5.74, 6) is -0.316. The fourth-order valence-corrected chi connectivity index (χ4v) is 3.05. The lowest BCUT2D eigenvalue weighted by atomic mass is 10.1. The van der Waals surface area contributed by atoms with Crippen LogP contribution >= 0.6 is 0 Å². The third-order valence-electron chi connectivity index (χ3n) is 4.40. The Morgan fingerprint density at radius 3 is 2.35 bits per heavy atom. The molecule has 1 saturated heterocycles. The molecule has 0 saturated carbocycles. The van der Waals surface area contributed by atoms with E-state index in [2.05, 4.69) is 13.8 Å².